The van der Waals surface area contributed by atoms with Crippen molar-refractivity contribution >= 4 is 40.9 Å². The monoisotopic (exact) mass is 414 g/mol. The number of benzene rings is 2. The van der Waals surface area contributed by atoms with E-state index in [0.717, 1.165) is 5.56 Å². The van der Waals surface area contributed by atoms with E-state index in [4.69, 9.17) is 23.2 Å². The molecule has 3 aromatic rings. The number of nitrogens with zero attached hydrogens (tertiary/aromatic N) is 3. The molecule has 1 atom stereocenters. The summed E-state index contributed by atoms with van der Waals surface area (Å²) in [5.41, 5.74) is 1.57. The highest BCUT2D eigenvalue weighted by Gasteiger charge is 2.19. The molecule has 0 bridgehead atoms. The second-order valence-electron chi connectivity index (χ2n) is 6.19. The van der Waals surface area contributed by atoms with Gasteiger partial charge in [0.05, 0.1) is 16.1 Å². The molecule has 0 aliphatic carbocycles. The normalized spacial score (nSPS) is 11.7. The van der Waals surface area contributed by atoms with Crippen molar-refractivity contribution in [1.82, 2.24) is 9.97 Å². The van der Waals surface area contributed by atoms with Gasteiger partial charge in [0.2, 0.25) is 5.95 Å². The molecular weight excluding hydrogens is 395 g/mol. The van der Waals surface area contributed by atoms with Gasteiger partial charge in [-0.15, -0.1) is 0 Å². The van der Waals surface area contributed by atoms with Crippen molar-refractivity contribution in [2.75, 3.05) is 16.8 Å². The maximum Gasteiger partial charge on any atom is 0.259 e. The molecule has 1 aromatic heterocycles. The molecule has 0 unspecified atom stereocenters. The third-order valence-electron chi connectivity index (χ3n) is 4.29. The second kappa shape index (κ2) is 9.04. The Balaban J connectivity index is 1.82. The fourth-order valence-corrected chi connectivity index (χ4v) is 3.08. The van der Waals surface area contributed by atoms with Gasteiger partial charge in [0, 0.05) is 18.3 Å². The number of aromatic nitrogens is 2. The first-order chi connectivity index (χ1) is 13.5. The van der Waals surface area contributed by atoms with Crippen molar-refractivity contribution in [1.29, 1.82) is 0 Å². The molecule has 3 rings (SSSR count). The number of carbonyl (C=O) groups excluding carboxylic acids is 1. The molecule has 1 heterocycles. The summed E-state index contributed by atoms with van der Waals surface area (Å²) in [5, 5.41) is 4.02. The van der Waals surface area contributed by atoms with Gasteiger partial charge in [-0.05, 0) is 43.7 Å². The average molecular weight is 415 g/mol. The van der Waals surface area contributed by atoms with Gasteiger partial charge >= 0.3 is 0 Å². The summed E-state index contributed by atoms with van der Waals surface area (Å²) in [7, 11) is 0. The summed E-state index contributed by atoms with van der Waals surface area (Å²) in [5.74, 6) is 0.757. The zero-order valence-electron chi connectivity index (χ0n) is 15.6. The van der Waals surface area contributed by atoms with Gasteiger partial charge in [0.25, 0.3) is 5.91 Å². The molecule has 1 amide bonds. The van der Waals surface area contributed by atoms with Crippen LogP contribution in [0.2, 0.25) is 10.0 Å². The van der Waals surface area contributed by atoms with Crippen molar-refractivity contribution < 1.29 is 4.79 Å². The molecule has 0 aliphatic heterocycles. The molecule has 0 fully saturated rings. The fourth-order valence-electron chi connectivity index (χ4n) is 2.78. The summed E-state index contributed by atoms with van der Waals surface area (Å²) < 4.78 is 0. The number of hydrogen-bond donors (Lipinski definition) is 1. The first-order valence-electron chi connectivity index (χ1n) is 8.91. The van der Waals surface area contributed by atoms with Crippen LogP contribution in [-0.4, -0.2) is 22.4 Å². The molecule has 7 heteroatoms. The first kappa shape index (κ1) is 20.1. The third-order valence-corrected chi connectivity index (χ3v) is 5.03. The van der Waals surface area contributed by atoms with E-state index in [1.807, 2.05) is 44.2 Å². The molecule has 0 spiro atoms. The summed E-state index contributed by atoms with van der Waals surface area (Å²) in [6, 6.07) is 16.6. The van der Waals surface area contributed by atoms with Crippen LogP contribution in [-0.2, 0) is 0 Å². The van der Waals surface area contributed by atoms with Gasteiger partial charge in [0.1, 0.15) is 5.82 Å². The van der Waals surface area contributed by atoms with Gasteiger partial charge < -0.3 is 5.32 Å². The number of rotatable bonds is 6. The lowest BCUT2D eigenvalue weighted by molar-refractivity contribution is 0.0987. The Labute approximate surface area is 174 Å². The quantitative estimate of drug-likeness (QED) is 0.568. The average Bonchev–Trinajstić information content (AvgIpc) is 2.71. The number of amides is 1. The SMILES string of the molecule is CCN(C(=O)c1ccc(Cl)c(Cl)c1)c1ccnc(N[C@H](C)c2ccccc2)n1. The van der Waals surface area contributed by atoms with Crippen LogP contribution in [0.25, 0.3) is 0 Å². The molecule has 0 aliphatic rings. The van der Waals surface area contributed by atoms with Gasteiger partial charge in [-0.3, -0.25) is 9.69 Å². The van der Waals surface area contributed by atoms with Crippen molar-refractivity contribution in [3.8, 4) is 0 Å². The van der Waals surface area contributed by atoms with Crippen molar-refractivity contribution in [2.24, 2.45) is 0 Å². The fraction of sp³-hybridized carbons (Fsp3) is 0.190. The van der Waals surface area contributed by atoms with Crippen LogP contribution >= 0.6 is 23.2 Å². The minimum absolute atomic E-state index is 0.0253. The first-order valence-corrected chi connectivity index (χ1v) is 9.66. The topological polar surface area (TPSA) is 58.1 Å². The molecule has 144 valence electrons. The van der Waals surface area contributed by atoms with E-state index in [9.17, 15) is 4.79 Å². The lowest BCUT2D eigenvalue weighted by atomic mass is 10.1. The molecular formula is C21H20Cl2N4O. The predicted octanol–water partition coefficient (Wildman–Crippen LogP) is 5.62. The molecule has 5 nitrogen and oxygen atoms in total. The highest BCUT2D eigenvalue weighted by molar-refractivity contribution is 6.42. The Hall–Kier alpha value is -2.63. The van der Waals surface area contributed by atoms with E-state index < -0.39 is 0 Å². The number of anilines is 2. The largest absolute Gasteiger partial charge is 0.348 e. The number of halogens is 2. The van der Waals surface area contributed by atoms with Crippen LogP contribution in [0.5, 0.6) is 0 Å². The Morgan fingerprint density at radius 3 is 2.54 bits per heavy atom. The Kier molecular flexibility index (Phi) is 6.49. The zero-order chi connectivity index (χ0) is 20.1. The highest BCUT2D eigenvalue weighted by atomic mass is 35.5. The van der Waals surface area contributed by atoms with Crippen LogP contribution < -0.4 is 10.2 Å². The molecule has 0 saturated heterocycles. The van der Waals surface area contributed by atoms with Crippen molar-refractivity contribution in [3.63, 3.8) is 0 Å². The minimum atomic E-state index is -0.207. The van der Waals surface area contributed by atoms with Crippen molar-refractivity contribution in [2.45, 2.75) is 19.9 Å². The third kappa shape index (κ3) is 4.61. The summed E-state index contributed by atoms with van der Waals surface area (Å²) in [6.45, 7) is 4.37. The second-order valence-corrected chi connectivity index (χ2v) is 7.01. The number of hydrogen-bond acceptors (Lipinski definition) is 4. The molecule has 0 saturated carbocycles. The lowest BCUT2D eigenvalue weighted by Gasteiger charge is -2.21. The van der Waals surface area contributed by atoms with E-state index in [1.165, 1.54) is 0 Å². The minimum Gasteiger partial charge on any atom is -0.348 e. The Morgan fingerprint density at radius 2 is 1.86 bits per heavy atom. The van der Waals surface area contributed by atoms with Gasteiger partial charge in [-0.1, -0.05) is 53.5 Å². The van der Waals surface area contributed by atoms with E-state index in [-0.39, 0.29) is 11.9 Å². The standard InChI is InChI=1S/C21H20Cl2N4O/c1-3-27(20(28)16-9-10-17(22)18(23)13-16)19-11-12-24-21(26-19)25-14(2)15-7-5-4-6-8-15/h4-14H,3H2,1-2H3,(H,24,25,26)/t14-/m1/s1. The molecule has 1 N–H and O–H groups in total. The molecule has 28 heavy (non-hydrogen) atoms. The van der Waals surface area contributed by atoms with Crippen LogP contribution in [0.15, 0.2) is 60.8 Å². The van der Waals surface area contributed by atoms with Crippen LogP contribution in [0.4, 0.5) is 11.8 Å². The number of nitrogens with one attached hydrogen (secondary N) is 1. The van der Waals surface area contributed by atoms with E-state index in [1.54, 1.807) is 35.4 Å². The van der Waals surface area contributed by atoms with Crippen LogP contribution in [0.1, 0.15) is 35.8 Å². The maximum absolute atomic E-state index is 12.9. The van der Waals surface area contributed by atoms with Crippen LogP contribution in [0.3, 0.4) is 0 Å². The number of carbonyl (C=O) groups is 1. The summed E-state index contributed by atoms with van der Waals surface area (Å²) in [6.07, 6.45) is 1.63. The predicted molar refractivity (Wildman–Crippen MR) is 114 cm³/mol. The lowest BCUT2D eigenvalue weighted by Crippen LogP contribution is -2.31. The Morgan fingerprint density at radius 1 is 1.11 bits per heavy atom. The van der Waals surface area contributed by atoms with E-state index >= 15 is 0 Å². The van der Waals surface area contributed by atoms with E-state index in [2.05, 4.69) is 15.3 Å². The van der Waals surface area contributed by atoms with Gasteiger partial charge in [-0.2, -0.15) is 4.98 Å². The van der Waals surface area contributed by atoms with Crippen molar-refractivity contribution in [3.05, 3.63) is 82.0 Å². The summed E-state index contributed by atoms with van der Waals surface area (Å²) in [4.78, 5) is 23.3. The zero-order valence-corrected chi connectivity index (χ0v) is 17.1. The summed E-state index contributed by atoms with van der Waals surface area (Å²) >= 11 is 12.0. The smallest absolute Gasteiger partial charge is 0.259 e. The molecule has 0 radical (unpaired) electrons. The molecule has 2 aromatic carbocycles. The highest BCUT2D eigenvalue weighted by Crippen LogP contribution is 2.25. The maximum atomic E-state index is 12.9. The van der Waals surface area contributed by atoms with Gasteiger partial charge in [0.15, 0.2) is 0 Å². The Bertz CT molecular complexity index is 966. The van der Waals surface area contributed by atoms with E-state index in [0.29, 0.717) is 33.9 Å². The van der Waals surface area contributed by atoms with Crippen LogP contribution in [0, 0.1) is 0 Å². The van der Waals surface area contributed by atoms with Gasteiger partial charge in [-0.25, -0.2) is 4.98 Å².